The predicted octanol–water partition coefficient (Wildman–Crippen LogP) is 2.04. The van der Waals surface area contributed by atoms with Crippen molar-refractivity contribution in [3.63, 3.8) is 0 Å². The van der Waals surface area contributed by atoms with Crippen LogP contribution in [0.1, 0.15) is 22.8 Å². The highest BCUT2D eigenvalue weighted by Gasteiger charge is 2.12. The summed E-state index contributed by atoms with van der Waals surface area (Å²) in [4.78, 5) is 10.7. The zero-order valence-electron chi connectivity index (χ0n) is 6.77. The van der Waals surface area contributed by atoms with E-state index in [-0.39, 0.29) is 5.56 Å². The normalized spacial score (nSPS) is 9.38. The molecule has 66 valence electrons. The fourth-order valence-corrected chi connectivity index (χ4v) is 0.902. The molecular formula is C9H5F2NO. The first-order valence-corrected chi connectivity index (χ1v) is 3.46. The molecule has 2 nitrogen and oxygen atoms in total. The third-order valence-corrected chi connectivity index (χ3v) is 1.56. The number of benzene rings is 1. The quantitative estimate of drug-likeness (QED) is 0.622. The average molecular weight is 181 g/mol. The molecule has 0 aliphatic rings. The molecule has 1 rings (SSSR count). The van der Waals surface area contributed by atoms with Crippen LogP contribution in [-0.4, -0.2) is 5.78 Å². The van der Waals surface area contributed by atoms with Crippen LogP contribution in [0, 0.1) is 23.0 Å². The van der Waals surface area contributed by atoms with Crippen molar-refractivity contribution < 1.29 is 13.6 Å². The number of Topliss-reactive ketones (excluding diaryl/α,β-unsaturated/α-hetero) is 1. The monoisotopic (exact) mass is 181 g/mol. The molecule has 0 atom stereocenters. The van der Waals surface area contributed by atoms with Crippen molar-refractivity contribution in [1.82, 2.24) is 0 Å². The summed E-state index contributed by atoms with van der Waals surface area (Å²) < 4.78 is 25.8. The highest BCUT2D eigenvalue weighted by atomic mass is 19.1. The molecule has 0 saturated heterocycles. The van der Waals surface area contributed by atoms with Gasteiger partial charge in [0.1, 0.15) is 17.7 Å². The molecule has 0 bridgehead atoms. The Labute approximate surface area is 73.4 Å². The van der Waals surface area contributed by atoms with Gasteiger partial charge >= 0.3 is 0 Å². The summed E-state index contributed by atoms with van der Waals surface area (Å²) in [7, 11) is 0. The Hall–Kier alpha value is -1.76. The Morgan fingerprint density at radius 3 is 2.46 bits per heavy atom. The maximum absolute atomic E-state index is 12.9. The lowest BCUT2D eigenvalue weighted by Crippen LogP contribution is -1.99. The van der Waals surface area contributed by atoms with Gasteiger partial charge in [0.25, 0.3) is 0 Å². The molecule has 4 heteroatoms. The number of ketones is 1. The van der Waals surface area contributed by atoms with Crippen LogP contribution < -0.4 is 0 Å². The highest BCUT2D eigenvalue weighted by Crippen LogP contribution is 2.14. The number of carbonyl (C=O) groups is 1. The van der Waals surface area contributed by atoms with Crippen molar-refractivity contribution in [2.24, 2.45) is 0 Å². The van der Waals surface area contributed by atoms with E-state index < -0.39 is 23.0 Å². The van der Waals surface area contributed by atoms with Crippen molar-refractivity contribution in [3.8, 4) is 6.07 Å². The van der Waals surface area contributed by atoms with Crippen LogP contribution >= 0.6 is 0 Å². The first-order chi connectivity index (χ1) is 6.06. The summed E-state index contributed by atoms with van der Waals surface area (Å²) in [6.45, 7) is 1.13. The number of hydrogen-bond donors (Lipinski definition) is 0. The lowest BCUT2D eigenvalue weighted by Gasteiger charge is -1.99. The first kappa shape index (κ1) is 9.33. The molecule has 0 heterocycles. The molecule has 0 N–H and O–H groups in total. The van der Waals surface area contributed by atoms with E-state index in [1.54, 1.807) is 0 Å². The SMILES string of the molecule is CC(=O)c1cc(F)c(C#N)cc1F. The third kappa shape index (κ3) is 1.70. The van der Waals surface area contributed by atoms with Gasteiger partial charge in [-0.3, -0.25) is 4.79 Å². The predicted molar refractivity (Wildman–Crippen MR) is 41.1 cm³/mol. The van der Waals surface area contributed by atoms with E-state index in [1.807, 2.05) is 0 Å². The second-order valence-electron chi connectivity index (χ2n) is 2.48. The lowest BCUT2D eigenvalue weighted by atomic mass is 10.1. The molecule has 0 aromatic heterocycles. The molecule has 0 aliphatic carbocycles. The number of hydrogen-bond acceptors (Lipinski definition) is 2. The van der Waals surface area contributed by atoms with Gasteiger partial charge in [-0.15, -0.1) is 0 Å². The van der Waals surface area contributed by atoms with Crippen LogP contribution in [0.15, 0.2) is 12.1 Å². The van der Waals surface area contributed by atoms with E-state index in [9.17, 15) is 13.6 Å². The van der Waals surface area contributed by atoms with Gasteiger partial charge in [0.2, 0.25) is 0 Å². The second-order valence-corrected chi connectivity index (χ2v) is 2.48. The Morgan fingerprint density at radius 2 is 2.00 bits per heavy atom. The zero-order valence-corrected chi connectivity index (χ0v) is 6.77. The highest BCUT2D eigenvalue weighted by molar-refractivity contribution is 5.94. The van der Waals surface area contributed by atoms with Crippen molar-refractivity contribution >= 4 is 5.78 Å². The number of carbonyl (C=O) groups excluding carboxylic acids is 1. The van der Waals surface area contributed by atoms with E-state index in [2.05, 4.69) is 0 Å². The van der Waals surface area contributed by atoms with Gasteiger partial charge in [0, 0.05) is 0 Å². The molecule has 0 saturated carbocycles. The van der Waals surface area contributed by atoms with Crippen LogP contribution in [0.5, 0.6) is 0 Å². The minimum Gasteiger partial charge on any atom is -0.294 e. The number of nitriles is 1. The molecular weight excluding hydrogens is 176 g/mol. The summed E-state index contributed by atoms with van der Waals surface area (Å²) in [6, 6.07) is 2.92. The smallest absolute Gasteiger partial charge is 0.162 e. The largest absolute Gasteiger partial charge is 0.294 e. The molecule has 0 radical (unpaired) electrons. The maximum atomic E-state index is 12.9. The van der Waals surface area contributed by atoms with Gasteiger partial charge in [-0.1, -0.05) is 0 Å². The van der Waals surface area contributed by atoms with E-state index >= 15 is 0 Å². The van der Waals surface area contributed by atoms with E-state index in [0.29, 0.717) is 6.07 Å². The fourth-order valence-electron chi connectivity index (χ4n) is 0.902. The van der Waals surface area contributed by atoms with Crippen LogP contribution in [0.4, 0.5) is 8.78 Å². The molecule has 0 aliphatic heterocycles. The second kappa shape index (κ2) is 3.31. The van der Waals surface area contributed by atoms with Crippen molar-refractivity contribution in [2.75, 3.05) is 0 Å². The minimum absolute atomic E-state index is 0.337. The van der Waals surface area contributed by atoms with Crippen LogP contribution in [0.3, 0.4) is 0 Å². The molecule has 0 unspecified atom stereocenters. The van der Waals surface area contributed by atoms with Crippen molar-refractivity contribution in [1.29, 1.82) is 5.26 Å². The topological polar surface area (TPSA) is 40.9 Å². The van der Waals surface area contributed by atoms with Crippen molar-refractivity contribution in [2.45, 2.75) is 6.92 Å². The van der Waals surface area contributed by atoms with Crippen LogP contribution in [0.2, 0.25) is 0 Å². The Balaban J connectivity index is 3.39. The van der Waals surface area contributed by atoms with Gasteiger partial charge in [-0.05, 0) is 19.1 Å². The molecule has 13 heavy (non-hydrogen) atoms. The summed E-state index contributed by atoms with van der Waals surface area (Å²) in [5.41, 5.74) is -0.737. The standard InChI is InChI=1S/C9H5F2NO/c1-5(13)7-3-8(10)6(4-12)2-9(7)11/h2-3H,1H3. The summed E-state index contributed by atoms with van der Waals surface area (Å²) in [6.07, 6.45) is 0. The Bertz CT molecular complexity index is 407. The number of rotatable bonds is 1. The summed E-state index contributed by atoms with van der Waals surface area (Å²) in [5.74, 6) is -2.32. The van der Waals surface area contributed by atoms with E-state index in [0.717, 1.165) is 13.0 Å². The average Bonchev–Trinajstić information content (AvgIpc) is 2.07. The fraction of sp³-hybridized carbons (Fsp3) is 0.111. The van der Waals surface area contributed by atoms with Gasteiger partial charge in [-0.2, -0.15) is 5.26 Å². The molecule has 1 aromatic carbocycles. The zero-order chi connectivity index (χ0) is 10.0. The van der Waals surface area contributed by atoms with Gasteiger partial charge in [-0.25, -0.2) is 8.78 Å². The van der Waals surface area contributed by atoms with Crippen LogP contribution in [-0.2, 0) is 0 Å². The van der Waals surface area contributed by atoms with Crippen molar-refractivity contribution in [3.05, 3.63) is 34.9 Å². The third-order valence-electron chi connectivity index (χ3n) is 1.56. The summed E-state index contributed by atoms with van der Waals surface area (Å²) in [5, 5.41) is 8.33. The van der Waals surface area contributed by atoms with Crippen LogP contribution in [0.25, 0.3) is 0 Å². The van der Waals surface area contributed by atoms with Gasteiger partial charge in [0.15, 0.2) is 5.78 Å². The molecule has 1 aromatic rings. The van der Waals surface area contributed by atoms with E-state index in [4.69, 9.17) is 5.26 Å². The minimum atomic E-state index is -0.880. The number of nitrogens with zero attached hydrogens (tertiary/aromatic N) is 1. The Kier molecular flexibility index (Phi) is 2.38. The molecule has 0 spiro atoms. The first-order valence-electron chi connectivity index (χ1n) is 3.46. The van der Waals surface area contributed by atoms with Gasteiger partial charge in [0.05, 0.1) is 11.1 Å². The summed E-state index contributed by atoms with van der Waals surface area (Å²) >= 11 is 0. The Morgan fingerprint density at radius 1 is 1.38 bits per heavy atom. The molecule has 0 fully saturated rings. The molecule has 0 amide bonds. The number of halogens is 2. The lowest BCUT2D eigenvalue weighted by molar-refractivity contribution is 0.101. The van der Waals surface area contributed by atoms with E-state index in [1.165, 1.54) is 6.07 Å². The van der Waals surface area contributed by atoms with Gasteiger partial charge < -0.3 is 0 Å². The maximum Gasteiger partial charge on any atom is 0.162 e.